The Labute approximate surface area is 161 Å². The second-order valence-electron chi connectivity index (χ2n) is 5.77. The number of hydrogen-bond acceptors (Lipinski definition) is 3. The van der Waals surface area contributed by atoms with Crippen LogP contribution in [-0.2, 0) is 11.3 Å². The molecule has 7 heteroatoms. The molecule has 0 atom stereocenters. The van der Waals surface area contributed by atoms with Crippen LogP contribution in [0.15, 0.2) is 29.4 Å². The summed E-state index contributed by atoms with van der Waals surface area (Å²) in [6.45, 7) is 3.48. The Morgan fingerprint density at radius 1 is 1.25 bits per heavy atom. The summed E-state index contributed by atoms with van der Waals surface area (Å²) in [5, 5.41) is 9.32. The Morgan fingerprint density at radius 2 is 2.04 bits per heavy atom. The van der Waals surface area contributed by atoms with Gasteiger partial charge in [-0.2, -0.15) is 0 Å². The number of hydrogen-bond donors (Lipinski definition) is 3. The van der Waals surface area contributed by atoms with Gasteiger partial charge in [-0.15, -0.1) is 24.0 Å². The number of amides is 1. The van der Waals surface area contributed by atoms with E-state index in [9.17, 15) is 4.79 Å². The molecule has 0 spiro atoms. The number of guanidine groups is 1. The molecule has 3 N–H and O–H groups in total. The Morgan fingerprint density at radius 3 is 2.71 bits per heavy atom. The van der Waals surface area contributed by atoms with Crippen molar-refractivity contribution in [3.05, 3.63) is 30.1 Å². The molecule has 1 amide bonds. The highest BCUT2D eigenvalue weighted by atomic mass is 127. The van der Waals surface area contributed by atoms with Crippen LogP contribution in [0.4, 0.5) is 0 Å². The largest absolute Gasteiger partial charge is 0.357 e. The normalized spacial score (nSPS) is 15.3. The van der Waals surface area contributed by atoms with Crippen LogP contribution < -0.4 is 16.0 Å². The van der Waals surface area contributed by atoms with Crippen molar-refractivity contribution in [1.29, 1.82) is 0 Å². The molecular weight excluding hydrogens is 417 g/mol. The van der Waals surface area contributed by atoms with E-state index in [1.165, 1.54) is 19.3 Å². The molecule has 24 heavy (non-hydrogen) atoms. The van der Waals surface area contributed by atoms with Gasteiger partial charge in [0.2, 0.25) is 5.91 Å². The summed E-state index contributed by atoms with van der Waals surface area (Å²) >= 11 is 0. The molecule has 1 aliphatic rings. The van der Waals surface area contributed by atoms with Gasteiger partial charge in [-0.3, -0.25) is 9.78 Å². The van der Waals surface area contributed by atoms with E-state index in [0.717, 1.165) is 25.1 Å². The number of aromatic nitrogens is 1. The molecule has 0 unspecified atom stereocenters. The van der Waals surface area contributed by atoms with E-state index in [-0.39, 0.29) is 36.4 Å². The summed E-state index contributed by atoms with van der Waals surface area (Å²) in [5.74, 6) is 0.664. The number of nitrogens with zero attached hydrogens (tertiary/aromatic N) is 2. The lowest BCUT2D eigenvalue weighted by molar-refractivity contribution is -0.120. The Hall–Kier alpha value is -1.38. The van der Waals surface area contributed by atoms with Crippen molar-refractivity contribution in [3.8, 4) is 0 Å². The smallest absolute Gasteiger partial charge is 0.239 e. The van der Waals surface area contributed by atoms with E-state index < -0.39 is 0 Å². The molecule has 134 valence electrons. The molecule has 1 aromatic heterocycles. The number of carbonyl (C=O) groups excluding carboxylic acids is 1. The third-order valence-corrected chi connectivity index (χ3v) is 3.86. The monoisotopic (exact) mass is 445 g/mol. The molecule has 0 bridgehead atoms. The number of nitrogens with one attached hydrogen (secondary N) is 3. The summed E-state index contributed by atoms with van der Waals surface area (Å²) in [4.78, 5) is 20.7. The van der Waals surface area contributed by atoms with E-state index in [1.54, 1.807) is 6.20 Å². The predicted molar refractivity (Wildman–Crippen MR) is 107 cm³/mol. The fourth-order valence-corrected chi connectivity index (χ4v) is 2.68. The predicted octanol–water partition coefficient (Wildman–Crippen LogP) is 2.20. The molecule has 1 aromatic rings. The zero-order chi connectivity index (χ0) is 16.3. The van der Waals surface area contributed by atoms with E-state index in [1.807, 2.05) is 25.1 Å². The molecule has 0 saturated heterocycles. The van der Waals surface area contributed by atoms with Crippen LogP contribution in [0.3, 0.4) is 0 Å². The number of halogens is 1. The van der Waals surface area contributed by atoms with Crippen molar-refractivity contribution in [3.63, 3.8) is 0 Å². The van der Waals surface area contributed by atoms with Crippen LogP contribution >= 0.6 is 24.0 Å². The van der Waals surface area contributed by atoms with E-state index in [0.29, 0.717) is 18.5 Å². The molecule has 2 rings (SSSR count). The average molecular weight is 445 g/mol. The van der Waals surface area contributed by atoms with Gasteiger partial charge in [0.25, 0.3) is 0 Å². The van der Waals surface area contributed by atoms with Gasteiger partial charge in [-0.05, 0) is 31.9 Å². The van der Waals surface area contributed by atoms with Crippen LogP contribution in [-0.4, -0.2) is 36.0 Å². The first-order valence-corrected chi connectivity index (χ1v) is 8.49. The summed E-state index contributed by atoms with van der Waals surface area (Å²) in [5.41, 5.74) is 0.899. The topological polar surface area (TPSA) is 78.4 Å². The zero-order valence-corrected chi connectivity index (χ0v) is 16.6. The molecule has 0 aromatic carbocycles. The Balaban J connectivity index is 0.00000288. The molecule has 0 aliphatic heterocycles. The first-order valence-electron chi connectivity index (χ1n) is 8.49. The van der Waals surface area contributed by atoms with Crippen molar-refractivity contribution in [2.75, 3.05) is 13.1 Å². The highest BCUT2D eigenvalue weighted by Crippen LogP contribution is 2.17. The maximum atomic E-state index is 12.0. The molecular formula is C17H28IN5O. The fraction of sp³-hybridized carbons (Fsp3) is 0.588. The zero-order valence-electron chi connectivity index (χ0n) is 14.3. The quantitative estimate of drug-likeness (QED) is 0.357. The van der Waals surface area contributed by atoms with Crippen LogP contribution in [0.1, 0.15) is 44.7 Å². The maximum absolute atomic E-state index is 12.0. The highest BCUT2D eigenvalue weighted by molar-refractivity contribution is 14.0. The van der Waals surface area contributed by atoms with Gasteiger partial charge >= 0.3 is 0 Å². The minimum atomic E-state index is 0. The van der Waals surface area contributed by atoms with E-state index in [2.05, 4.69) is 25.9 Å². The van der Waals surface area contributed by atoms with Gasteiger partial charge in [0.15, 0.2) is 5.96 Å². The molecule has 1 saturated carbocycles. The van der Waals surface area contributed by atoms with Crippen LogP contribution in [0.5, 0.6) is 0 Å². The Bertz CT molecular complexity index is 503. The second kappa shape index (κ2) is 12.0. The van der Waals surface area contributed by atoms with Crippen molar-refractivity contribution < 1.29 is 4.79 Å². The molecule has 1 heterocycles. The van der Waals surface area contributed by atoms with Gasteiger partial charge in [0, 0.05) is 18.8 Å². The first kappa shape index (κ1) is 20.7. The van der Waals surface area contributed by atoms with Gasteiger partial charge in [-0.25, -0.2) is 4.99 Å². The van der Waals surface area contributed by atoms with Gasteiger partial charge in [0.05, 0.1) is 18.8 Å². The number of carbonyl (C=O) groups is 1. The van der Waals surface area contributed by atoms with Gasteiger partial charge < -0.3 is 16.0 Å². The van der Waals surface area contributed by atoms with Gasteiger partial charge in [0.1, 0.15) is 0 Å². The lowest BCUT2D eigenvalue weighted by atomic mass is 9.95. The molecule has 1 aliphatic carbocycles. The number of rotatable bonds is 6. The second-order valence-corrected chi connectivity index (χ2v) is 5.77. The fourth-order valence-electron chi connectivity index (χ4n) is 2.68. The average Bonchev–Trinajstić information content (AvgIpc) is 2.59. The first-order chi connectivity index (χ1) is 11.3. The van der Waals surface area contributed by atoms with Crippen molar-refractivity contribution in [2.24, 2.45) is 4.99 Å². The lowest BCUT2D eigenvalue weighted by Gasteiger charge is -2.23. The molecule has 0 radical (unpaired) electrons. The Kier molecular flexibility index (Phi) is 10.4. The van der Waals surface area contributed by atoms with Crippen LogP contribution in [0.25, 0.3) is 0 Å². The van der Waals surface area contributed by atoms with Crippen molar-refractivity contribution in [1.82, 2.24) is 20.9 Å². The lowest BCUT2D eigenvalue weighted by Crippen LogP contribution is -2.46. The highest BCUT2D eigenvalue weighted by Gasteiger charge is 2.15. The van der Waals surface area contributed by atoms with Crippen LogP contribution in [0.2, 0.25) is 0 Å². The van der Waals surface area contributed by atoms with Crippen molar-refractivity contribution in [2.45, 2.75) is 51.6 Å². The summed E-state index contributed by atoms with van der Waals surface area (Å²) in [7, 11) is 0. The minimum absolute atomic E-state index is 0. The maximum Gasteiger partial charge on any atom is 0.239 e. The third-order valence-electron chi connectivity index (χ3n) is 3.86. The minimum Gasteiger partial charge on any atom is -0.357 e. The standard InChI is InChI=1S/C17H27N5O.HI/c1-2-18-17(20-12-15-10-6-7-11-19-15)21-13-16(23)22-14-8-4-3-5-9-14;/h6-7,10-11,14H,2-5,8-9,12-13H2,1H3,(H,22,23)(H2,18,20,21);1H. The molecule has 6 nitrogen and oxygen atoms in total. The molecule has 1 fully saturated rings. The third kappa shape index (κ3) is 7.94. The van der Waals surface area contributed by atoms with E-state index in [4.69, 9.17) is 0 Å². The number of aliphatic imine (C=N–C) groups is 1. The van der Waals surface area contributed by atoms with Crippen LogP contribution in [0, 0.1) is 0 Å². The summed E-state index contributed by atoms with van der Waals surface area (Å²) < 4.78 is 0. The number of pyridine rings is 1. The summed E-state index contributed by atoms with van der Waals surface area (Å²) in [6, 6.07) is 6.09. The summed E-state index contributed by atoms with van der Waals surface area (Å²) in [6.07, 6.45) is 7.66. The van der Waals surface area contributed by atoms with Gasteiger partial charge in [-0.1, -0.05) is 25.3 Å². The van der Waals surface area contributed by atoms with Crippen molar-refractivity contribution >= 4 is 35.8 Å². The van der Waals surface area contributed by atoms with E-state index >= 15 is 0 Å². The SMILES string of the molecule is CCNC(=NCc1ccccn1)NCC(=O)NC1CCCCC1.I.